The predicted octanol–water partition coefficient (Wildman–Crippen LogP) is 5.50. The lowest BCUT2D eigenvalue weighted by molar-refractivity contribution is 0.319. The number of ether oxygens (including phenoxy) is 1. The lowest BCUT2D eigenvalue weighted by Gasteiger charge is -2.25. The van der Waals surface area contributed by atoms with E-state index in [1.165, 1.54) is 24.1 Å². The number of nitrogens with zero attached hydrogens (tertiary/aromatic N) is 1. The molecule has 0 radical (unpaired) electrons. The summed E-state index contributed by atoms with van der Waals surface area (Å²) in [5.41, 5.74) is 2.56. The second kappa shape index (κ2) is 9.24. The van der Waals surface area contributed by atoms with Gasteiger partial charge in [0.05, 0.1) is 6.54 Å². The molecule has 23 heavy (non-hydrogen) atoms. The first kappa shape index (κ1) is 17.4. The highest BCUT2D eigenvalue weighted by Gasteiger charge is 2.09. The van der Waals surface area contributed by atoms with E-state index >= 15 is 0 Å². The SMILES string of the molecule is CCCCN(CCOc1ccccc1C(C)C)c1ccccc1. The first-order valence-electron chi connectivity index (χ1n) is 8.74. The van der Waals surface area contributed by atoms with E-state index in [0.29, 0.717) is 12.5 Å². The van der Waals surface area contributed by atoms with Crippen molar-refractivity contribution in [3.05, 3.63) is 60.2 Å². The normalized spacial score (nSPS) is 10.8. The van der Waals surface area contributed by atoms with Crippen molar-refractivity contribution in [1.82, 2.24) is 0 Å². The van der Waals surface area contributed by atoms with Crippen LogP contribution in [0.2, 0.25) is 0 Å². The first-order valence-corrected chi connectivity index (χ1v) is 8.74. The summed E-state index contributed by atoms with van der Waals surface area (Å²) in [6.45, 7) is 9.35. The van der Waals surface area contributed by atoms with Crippen molar-refractivity contribution in [2.45, 2.75) is 39.5 Å². The molecule has 0 amide bonds. The zero-order valence-corrected chi connectivity index (χ0v) is 14.7. The van der Waals surface area contributed by atoms with Gasteiger partial charge in [-0.05, 0) is 36.1 Å². The molecule has 2 nitrogen and oxygen atoms in total. The fraction of sp³-hybridized carbons (Fsp3) is 0.429. The van der Waals surface area contributed by atoms with Crippen molar-refractivity contribution in [2.75, 3.05) is 24.6 Å². The van der Waals surface area contributed by atoms with E-state index in [2.05, 4.69) is 74.2 Å². The van der Waals surface area contributed by atoms with Gasteiger partial charge >= 0.3 is 0 Å². The molecule has 0 aliphatic heterocycles. The van der Waals surface area contributed by atoms with Gasteiger partial charge in [0.1, 0.15) is 12.4 Å². The quantitative estimate of drug-likeness (QED) is 0.606. The van der Waals surface area contributed by atoms with E-state index in [0.717, 1.165) is 18.8 Å². The minimum absolute atomic E-state index is 0.483. The van der Waals surface area contributed by atoms with Crippen LogP contribution in [0.15, 0.2) is 54.6 Å². The van der Waals surface area contributed by atoms with Crippen LogP contribution in [0.1, 0.15) is 45.1 Å². The van der Waals surface area contributed by atoms with Gasteiger partial charge in [0.15, 0.2) is 0 Å². The average Bonchev–Trinajstić information content (AvgIpc) is 2.59. The van der Waals surface area contributed by atoms with E-state index in [1.807, 2.05) is 6.07 Å². The average molecular weight is 311 g/mol. The molecule has 0 aliphatic rings. The number of hydrogen-bond acceptors (Lipinski definition) is 2. The van der Waals surface area contributed by atoms with Gasteiger partial charge in [0.2, 0.25) is 0 Å². The summed E-state index contributed by atoms with van der Waals surface area (Å²) < 4.78 is 6.09. The lowest BCUT2D eigenvalue weighted by Crippen LogP contribution is -2.29. The maximum Gasteiger partial charge on any atom is 0.122 e. The molecule has 2 rings (SSSR count). The molecule has 0 N–H and O–H groups in total. The zero-order chi connectivity index (χ0) is 16.5. The van der Waals surface area contributed by atoms with E-state index < -0.39 is 0 Å². The lowest BCUT2D eigenvalue weighted by atomic mass is 10.0. The van der Waals surface area contributed by atoms with Crippen LogP contribution in [-0.2, 0) is 0 Å². The Morgan fingerprint density at radius 1 is 0.913 bits per heavy atom. The van der Waals surface area contributed by atoms with Gasteiger partial charge in [0.25, 0.3) is 0 Å². The number of anilines is 1. The van der Waals surface area contributed by atoms with Crippen molar-refractivity contribution in [3.8, 4) is 5.75 Å². The molecule has 0 aromatic heterocycles. The molecular weight excluding hydrogens is 282 g/mol. The molecular formula is C21H29NO. The molecule has 0 unspecified atom stereocenters. The Labute approximate surface area is 141 Å². The third-order valence-electron chi connectivity index (χ3n) is 4.06. The molecule has 2 aromatic rings. The Hall–Kier alpha value is -1.96. The summed E-state index contributed by atoms with van der Waals surface area (Å²) in [5, 5.41) is 0. The van der Waals surface area contributed by atoms with Crippen LogP contribution >= 0.6 is 0 Å². The molecule has 2 aromatic carbocycles. The van der Waals surface area contributed by atoms with Crippen LogP contribution in [0.3, 0.4) is 0 Å². The first-order chi connectivity index (χ1) is 11.2. The van der Waals surface area contributed by atoms with Crippen molar-refractivity contribution in [1.29, 1.82) is 0 Å². The summed E-state index contributed by atoms with van der Waals surface area (Å²) >= 11 is 0. The third-order valence-corrected chi connectivity index (χ3v) is 4.06. The maximum absolute atomic E-state index is 6.09. The minimum Gasteiger partial charge on any atom is -0.491 e. The molecule has 2 heteroatoms. The van der Waals surface area contributed by atoms with Gasteiger partial charge in [-0.25, -0.2) is 0 Å². The van der Waals surface area contributed by atoms with E-state index in [1.54, 1.807) is 0 Å². The molecule has 0 saturated carbocycles. The molecule has 0 aliphatic carbocycles. The fourth-order valence-corrected chi connectivity index (χ4v) is 2.71. The second-order valence-corrected chi connectivity index (χ2v) is 6.22. The van der Waals surface area contributed by atoms with Gasteiger partial charge in [-0.3, -0.25) is 0 Å². The number of unbranched alkanes of at least 4 members (excludes halogenated alkanes) is 1. The number of hydrogen-bond donors (Lipinski definition) is 0. The Kier molecular flexibility index (Phi) is 6.99. The summed E-state index contributed by atoms with van der Waals surface area (Å²) in [6, 6.07) is 19.0. The highest BCUT2D eigenvalue weighted by atomic mass is 16.5. The summed E-state index contributed by atoms with van der Waals surface area (Å²) in [4.78, 5) is 2.42. The number of para-hydroxylation sites is 2. The maximum atomic E-state index is 6.09. The molecule has 0 bridgehead atoms. The smallest absolute Gasteiger partial charge is 0.122 e. The van der Waals surface area contributed by atoms with Gasteiger partial charge in [-0.15, -0.1) is 0 Å². The zero-order valence-electron chi connectivity index (χ0n) is 14.7. The topological polar surface area (TPSA) is 12.5 Å². The van der Waals surface area contributed by atoms with Crippen LogP contribution < -0.4 is 9.64 Å². The van der Waals surface area contributed by atoms with Crippen molar-refractivity contribution in [3.63, 3.8) is 0 Å². The van der Waals surface area contributed by atoms with Crippen LogP contribution in [0.25, 0.3) is 0 Å². The van der Waals surface area contributed by atoms with E-state index in [4.69, 9.17) is 4.74 Å². The molecule has 0 saturated heterocycles. The predicted molar refractivity (Wildman–Crippen MR) is 99.6 cm³/mol. The van der Waals surface area contributed by atoms with Crippen LogP contribution in [0.5, 0.6) is 5.75 Å². The number of rotatable bonds is 9. The monoisotopic (exact) mass is 311 g/mol. The van der Waals surface area contributed by atoms with Crippen molar-refractivity contribution in [2.24, 2.45) is 0 Å². The summed E-state index contributed by atoms with van der Waals surface area (Å²) in [7, 11) is 0. The second-order valence-electron chi connectivity index (χ2n) is 6.22. The van der Waals surface area contributed by atoms with Gasteiger partial charge in [-0.2, -0.15) is 0 Å². The van der Waals surface area contributed by atoms with Crippen molar-refractivity contribution >= 4 is 5.69 Å². The fourth-order valence-electron chi connectivity index (χ4n) is 2.71. The highest BCUT2D eigenvalue weighted by Crippen LogP contribution is 2.26. The van der Waals surface area contributed by atoms with Crippen LogP contribution in [0.4, 0.5) is 5.69 Å². The van der Waals surface area contributed by atoms with Gasteiger partial charge in [-0.1, -0.05) is 63.6 Å². The Balaban J connectivity index is 1.97. The Morgan fingerprint density at radius 2 is 1.61 bits per heavy atom. The number of benzene rings is 2. The minimum atomic E-state index is 0.483. The Morgan fingerprint density at radius 3 is 2.30 bits per heavy atom. The Bertz CT molecular complexity index is 565. The molecule has 0 fully saturated rings. The summed E-state index contributed by atoms with van der Waals surface area (Å²) in [5.74, 6) is 1.50. The van der Waals surface area contributed by atoms with Crippen LogP contribution in [-0.4, -0.2) is 19.7 Å². The van der Waals surface area contributed by atoms with Crippen LogP contribution in [0, 0.1) is 0 Å². The molecule has 0 heterocycles. The van der Waals surface area contributed by atoms with E-state index in [-0.39, 0.29) is 0 Å². The van der Waals surface area contributed by atoms with E-state index in [9.17, 15) is 0 Å². The third kappa shape index (κ3) is 5.31. The van der Waals surface area contributed by atoms with Gasteiger partial charge in [0, 0.05) is 12.2 Å². The standard InChI is InChI=1S/C21H29NO/c1-4-5-15-22(19-11-7-6-8-12-19)16-17-23-21-14-10-9-13-20(21)18(2)3/h6-14,18H,4-5,15-17H2,1-3H3. The van der Waals surface area contributed by atoms with Crippen molar-refractivity contribution < 1.29 is 4.74 Å². The largest absolute Gasteiger partial charge is 0.491 e. The molecule has 124 valence electrons. The van der Waals surface area contributed by atoms with Gasteiger partial charge < -0.3 is 9.64 Å². The molecule has 0 spiro atoms. The summed E-state index contributed by atoms with van der Waals surface area (Å²) in [6.07, 6.45) is 2.41. The highest BCUT2D eigenvalue weighted by molar-refractivity contribution is 5.46. The molecule has 0 atom stereocenters.